The molecule has 4 nitrogen and oxygen atoms in total. The van der Waals surface area contributed by atoms with Gasteiger partial charge >= 0.3 is 0 Å². The first kappa shape index (κ1) is 15.8. The summed E-state index contributed by atoms with van der Waals surface area (Å²) < 4.78 is 0. The molecule has 4 heteroatoms. The largest absolute Gasteiger partial charge is 0.370 e. The molecule has 3 rings (SSSR count). The highest BCUT2D eigenvalue weighted by molar-refractivity contribution is 5.41. The lowest BCUT2D eigenvalue weighted by Gasteiger charge is -2.20. The van der Waals surface area contributed by atoms with Gasteiger partial charge in [0.25, 0.3) is 0 Å². The van der Waals surface area contributed by atoms with Crippen LogP contribution in [0.5, 0.6) is 0 Å². The van der Waals surface area contributed by atoms with E-state index in [0.717, 1.165) is 44.2 Å². The molecule has 1 aromatic carbocycles. The maximum Gasteiger partial charge on any atom is 0.227 e. The van der Waals surface area contributed by atoms with Crippen molar-refractivity contribution in [3.05, 3.63) is 48.2 Å². The normalized spacial score (nSPS) is 15.2. The lowest BCUT2D eigenvalue weighted by atomic mass is 10.1. The molecular weight excluding hydrogens is 284 g/mol. The molecule has 1 aliphatic heterocycles. The standard InChI is InChI=1S/C19H26N4/c1-2-7-16-23(15-6-1)19-21-14-12-18(22-19)20-13-8-11-17-9-4-3-5-10-17/h3-5,9-10,12,14H,1-2,6-8,11,13,15-16H2,(H,20,21,22). The molecular formula is C19H26N4. The van der Waals surface area contributed by atoms with E-state index in [4.69, 9.17) is 0 Å². The first-order chi connectivity index (χ1) is 11.4. The molecule has 0 atom stereocenters. The number of nitrogens with zero attached hydrogens (tertiary/aromatic N) is 3. The Balaban J connectivity index is 1.49. The molecule has 0 saturated carbocycles. The van der Waals surface area contributed by atoms with Gasteiger partial charge in [-0.1, -0.05) is 43.2 Å². The fourth-order valence-corrected chi connectivity index (χ4v) is 3.02. The fraction of sp³-hybridized carbons (Fsp3) is 0.474. The van der Waals surface area contributed by atoms with E-state index in [0.29, 0.717) is 0 Å². The van der Waals surface area contributed by atoms with E-state index in [9.17, 15) is 0 Å². The number of aryl methyl sites for hydroxylation is 1. The van der Waals surface area contributed by atoms with Crippen molar-refractivity contribution in [3.63, 3.8) is 0 Å². The van der Waals surface area contributed by atoms with Crippen LogP contribution in [0, 0.1) is 0 Å². The van der Waals surface area contributed by atoms with E-state index in [1.165, 1.54) is 31.2 Å². The average molecular weight is 310 g/mol. The number of rotatable bonds is 6. The summed E-state index contributed by atoms with van der Waals surface area (Å²) in [6, 6.07) is 12.6. The summed E-state index contributed by atoms with van der Waals surface area (Å²) in [5, 5.41) is 3.43. The third kappa shape index (κ3) is 4.95. The van der Waals surface area contributed by atoms with Crippen molar-refractivity contribution in [2.75, 3.05) is 29.9 Å². The summed E-state index contributed by atoms with van der Waals surface area (Å²) in [6.45, 7) is 3.10. The molecule has 0 bridgehead atoms. The van der Waals surface area contributed by atoms with E-state index in [-0.39, 0.29) is 0 Å². The molecule has 23 heavy (non-hydrogen) atoms. The van der Waals surface area contributed by atoms with Gasteiger partial charge in [-0.05, 0) is 37.3 Å². The van der Waals surface area contributed by atoms with Gasteiger partial charge in [-0.15, -0.1) is 0 Å². The van der Waals surface area contributed by atoms with E-state index in [1.54, 1.807) is 0 Å². The highest BCUT2D eigenvalue weighted by Gasteiger charge is 2.12. The Labute approximate surface area is 139 Å². The van der Waals surface area contributed by atoms with Crippen molar-refractivity contribution in [2.24, 2.45) is 0 Å². The molecule has 1 aromatic heterocycles. The zero-order valence-electron chi connectivity index (χ0n) is 13.7. The zero-order valence-corrected chi connectivity index (χ0v) is 13.7. The van der Waals surface area contributed by atoms with Gasteiger partial charge < -0.3 is 10.2 Å². The van der Waals surface area contributed by atoms with Gasteiger partial charge in [0.05, 0.1) is 0 Å². The van der Waals surface area contributed by atoms with Gasteiger partial charge in [0.1, 0.15) is 5.82 Å². The average Bonchev–Trinajstić information content (AvgIpc) is 2.89. The molecule has 0 spiro atoms. The molecule has 0 unspecified atom stereocenters. The molecule has 0 aliphatic carbocycles. The maximum atomic E-state index is 4.69. The Hall–Kier alpha value is -2.10. The smallest absolute Gasteiger partial charge is 0.227 e. The van der Waals surface area contributed by atoms with Crippen LogP contribution < -0.4 is 10.2 Å². The van der Waals surface area contributed by atoms with Crippen molar-refractivity contribution < 1.29 is 0 Å². The first-order valence-electron chi connectivity index (χ1n) is 8.77. The summed E-state index contributed by atoms with van der Waals surface area (Å²) >= 11 is 0. The van der Waals surface area contributed by atoms with Gasteiger partial charge in [0.2, 0.25) is 5.95 Å². The number of benzene rings is 1. The van der Waals surface area contributed by atoms with E-state index >= 15 is 0 Å². The van der Waals surface area contributed by atoms with Gasteiger partial charge in [0.15, 0.2) is 0 Å². The summed E-state index contributed by atoms with van der Waals surface area (Å²) in [5.41, 5.74) is 1.39. The summed E-state index contributed by atoms with van der Waals surface area (Å²) in [5.74, 6) is 1.81. The molecule has 1 N–H and O–H groups in total. The van der Waals surface area contributed by atoms with Gasteiger partial charge in [-0.3, -0.25) is 0 Å². The quantitative estimate of drug-likeness (QED) is 0.822. The fourth-order valence-electron chi connectivity index (χ4n) is 3.02. The SMILES string of the molecule is c1ccc(CCCNc2ccnc(N3CCCCCC3)n2)cc1. The number of hydrogen-bond acceptors (Lipinski definition) is 4. The third-order valence-corrected chi connectivity index (χ3v) is 4.32. The maximum absolute atomic E-state index is 4.69. The summed E-state index contributed by atoms with van der Waals surface area (Å²) in [6.07, 6.45) is 9.22. The van der Waals surface area contributed by atoms with Crippen LogP contribution >= 0.6 is 0 Å². The van der Waals surface area contributed by atoms with Gasteiger partial charge in [0, 0.05) is 25.8 Å². The summed E-state index contributed by atoms with van der Waals surface area (Å²) in [7, 11) is 0. The molecule has 1 aliphatic rings. The molecule has 0 radical (unpaired) electrons. The first-order valence-corrected chi connectivity index (χ1v) is 8.77. The second-order valence-electron chi connectivity index (χ2n) is 6.16. The minimum Gasteiger partial charge on any atom is -0.370 e. The lowest BCUT2D eigenvalue weighted by Crippen LogP contribution is -2.26. The van der Waals surface area contributed by atoms with Crippen LogP contribution in [0.15, 0.2) is 42.6 Å². The highest BCUT2D eigenvalue weighted by atomic mass is 15.3. The van der Waals surface area contributed by atoms with E-state index in [1.807, 2.05) is 12.3 Å². The molecule has 2 aromatic rings. The number of aromatic nitrogens is 2. The van der Waals surface area contributed by atoms with Crippen molar-refractivity contribution in [3.8, 4) is 0 Å². The molecule has 122 valence electrons. The minimum atomic E-state index is 0.875. The molecule has 1 saturated heterocycles. The van der Waals surface area contributed by atoms with E-state index in [2.05, 4.69) is 50.5 Å². The Morgan fingerprint density at radius 3 is 2.52 bits per heavy atom. The second kappa shape index (κ2) is 8.51. The van der Waals surface area contributed by atoms with Gasteiger partial charge in [-0.25, -0.2) is 4.98 Å². The van der Waals surface area contributed by atoms with E-state index < -0.39 is 0 Å². The second-order valence-corrected chi connectivity index (χ2v) is 6.16. The van der Waals surface area contributed by atoms with Gasteiger partial charge in [-0.2, -0.15) is 4.98 Å². The summed E-state index contributed by atoms with van der Waals surface area (Å²) in [4.78, 5) is 11.5. The van der Waals surface area contributed by atoms with Crippen LogP contribution in [0.2, 0.25) is 0 Å². The Bertz CT molecular complexity index is 577. The third-order valence-electron chi connectivity index (χ3n) is 4.32. The van der Waals surface area contributed by atoms with Crippen molar-refractivity contribution in [1.29, 1.82) is 0 Å². The number of anilines is 2. The van der Waals surface area contributed by atoms with Crippen LogP contribution in [0.1, 0.15) is 37.7 Å². The lowest BCUT2D eigenvalue weighted by molar-refractivity contribution is 0.726. The van der Waals surface area contributed by atoms with Crippen LogP contribution in [0.25, 0.3) is 0 Å². The predicted molar refractivity (Wildman–Crippen MR) is 96.0 cm³/mol. The molecule has 2 heterocycles. The van der Waals surface area contributed by atoms with Crippen molar-refractivity contribution in [1.82, 2.24) is 9.97 Å². The Morgan fingerprint density at radius 2 is 1.74 bits per heavy atom. The molecule has 0 amide bonds. The number of nitrogens with one attached hydrogen (secondary N) is 1. The number of hydrogen-bond donors (Lipinski definition) is 1. The van der Waals surface area contributed by atoms with Crippen LogP contribution in [-0.2, 0) is 6.42 Å². The Morgan fingerprint density at radius 1 is 0.957 bits per heavy atom. The van der Waals surface area contributed by atoms with Crippen LogP contribution in [0.3, 0.4) is 0 Å². The van der Waals surface area contributed by atoms with Crippen molar-refractivity contribution in [2.45, 2.75) is 38.5 Å². The van der Waals surface area contributed by atoms with Crippen LogP contribution in [0.4, 0.5) is 11.8 Å². The topological polar surface area (TPSA) is 41.1 Å². The Kier molecular flexibility index (Phi) is 5.84. The minimum absolute atomic E-state index is 0.875. The zero-order chi connectivity index (χ0) is 15.7. The molecule has 1 fully saturated rings. The van der Waals surface area contributed by atoms with Crippen LogP contribution in [-0.4, -0.2) is 29.6 Å². The highest BCUT2D eigenvalue weighted by Crippen LogP contribution is 2.16. The van der Waals surface area contributed by atoms with Crippen molar-refractivity contribution >= 4 is 11.8 Å². The predicted octanol–water partition coefficient (Wildman–Crippen LogP) is 3.90. The monoisotopic (exact) mass is 310 g/mol.